The molecule has 0 aliphatic rings. The van der Waals surface area contributed by atoms with Crippen LogP contribution in [-0.2, 0) is 0 Å². The predicted molar refractivity (Wildman–Crippen MR) is 104 cm³/mol. The molecule has 0 fully saturated rings. The van der Waals surface area contributed by atoms with E-state index in [4.69, 9.17) is 33.7 Å². The lowest BCUT2D eigenvalue weighted by molar-refractivity contribution is 0.227. The fraction of sp³-hybridized carbons (Fsp3) is 0.150. The van der Waals surface area contributed by atoms with E-state index >= 15 is 0 Å². The molecular formula is C20H16Cl2F2N2O. The highest BCUT2D eigenvalue weighted by Crippen LogP contribution is 2.37. The molecule has 140 valence electrons. The van der Waals surface area contributed by atoms with E-state index in [2.05, 4.69) is 4.98 Å². The fourth-order valence-electron chi connectivity index (χ4n) is 2.70. The number of aromatic nitrogens is 1. The van der Waals surface area contributed by atoms with Crippen molar-refractivity contribution >= 4 is 29.0 Å². The largest absolute Gasteiger partial charge is 0.482 e. The van der Waals surface area contributed by atoms with Gasteiger partial charge >= 0.3 is 0 Å². The quantitative estimate of drug-likeness (QED) is 0.510. The summed E-state index contributed by atoms with van der Waals surface area (Å²) in [6.45, 7) is 3.36. The van der Waals surface area contributed by atoms with Crippen molar-refractivity contribution in [3.8, 4) is 16.9 Å². The standard InChI is InChI=1S/C20H16Cl2F2N2O/c1-10-7-12(3-5-15(10)23)13-8-17(20(25)26-9-13)27-11(2)18-14(21)4-6-16(24)19(18)22/h3-9,11H,1-2H3,(H2,25,26). The van der Waals surface area contributed by atoms with Crippen LogP contribution >= 0.6 is 23.2 Å². The lowest BCUT2D eigenvalue weighted by Gasteiger charge is -2.19. The maximum Gasteiger partial charge on any atom is 0.166 e. The molecule has 2 aromatic carbocycles. The summed E-state index contributed by atoms with van der Waals surface area (Å²) in [7, 11) is 0. The van der Waals surface area contributed by atoms with Crippen molar-refractivity contribution in [1.82, 2.24) is 4.98 Å². The summed E-state index contributed by atoms with van der Waals surface area (Å²) in [4.78, 5) is 4.14. The zero-order valence-electron chi connectivity index (χ0n) is 14.6. The number of ether oxygens (including phenoxy) is 1. The predicted octanol–water partition coefficient (Wildman–Crippen LogP) is 6.36. The van der Waals surface area contributed by atoms with Crippen LogP contribution in [0.25, 0.3) is 11.1 Å². The summed E-state index contributed by atoms with van der Waals surface area (Å²) in [6, 6.07) is 9.02. The lowest BCUT2D eigenvalue weighted by Crippen LogP contribution is -2.08. The van der Waals surface area contributed by atoms with Crippen LogP contribution in [0.4, 0.5) is 14.6 Å². The first-order chi connectivity index (χ1) is 12.8. The van der Waals surface area contributed by atoms with Crippen molar-refractivity contribution < 1.29 is 13.5 Å². The average molecular weight is 409 g/mol. The highest BCUT2D eigenvalue weighted by atomic mass is 35.5. The van der Waals surface area contributed by atoms with Crippen molar-refractivity contribution in [2.75, 3.05) is 5.73 Å². The topological polar surface area (TPSA) is 48.1 Å². The Morgan fingerprint density at radius 1 is 1.04 bits per heavy atom. The van der Waals surface area contributed by atoms with Crippen molar-refractivity contribution in [3.05, 3.63) is 75.4 Å². The highest BCUT2D eigenvalue weighted by molar-refractivity contribution is 6.36. The number of rotatable bonds is 4. The van der Waals surface area contributed by atoms with Gasteiger partial charge in [0.1, 0.15) is 17.7 Å². The third-order valence-electron chi connectivity index (χ3n) is 4.16. The van der Waals surface area contributed by atoms with Crippen molar-refractivity contribution in [3.63, 3.8) is 0 Å². The number of benzene rings is 2. The molecule has 0 aliphatic carbocycles. The third kappa shape index (κ3) is 3.99. The van der Waals surface area contributed by atoms with E-state index in [0.29, 0.717) is 22.4 Å². The Kier molecular flexibility index (Phi) is 5.53. The molecule has 3 nitrogen and oxygen atoms in total. The van der Waals surface area contributed by atoms with Crippen LogP contribution < -0.4 is 10.5 Å². The number of halogens is 4. The molecule has 1 aromatic heterocycles. The molecule has 0 radical (unpaired) electrons. The van der Waals surface area contributed by atoms with Gasteiger partial charge in [0.2, 0.25) is 0 Å². The molecule has 2 N–H and O–H groups in total. The molecule has 1 unspecified atom stereocenters. The van der Waals surface area contributed by atoms with Crippen LogP contribution in [0.15, 0.2) is 42.6 Å². The SMILES string of the molecule is Cc1cc(-c2cnc(N)c(OC(C)c3c(Cl)ccc(F)c3Cl)c2)ccc1F. The van der Waals surface area contributed by atoms with Gasteiger partial charge in [-0.15, -0.1) is 0 Å². The average Bonchev–Trinajstić information content (AvgIpc) is 2.63. The normalized spacial score (nSPS) is 12.1. The Morgan fingerprint density at radius 3 is 2.44 bits per heavy atom. The summed E-state index contributed by atoms with van der Waals surface area (Å²) in [5.41, 5.74) is 8.21. The number of nitrogens with zero attached hydrogens (tertiary/aromatic N) is 1. The van der Waals surface area contributed by atoms with E-state index in [0.717, 1.165) is 5.56 Å². The molecule has 27 heavy (non-hydrogen) atoms. The van der Waals surface area contributed by atoms with Gasteiger partial charge in [-0.05, 0) is 55.3 Å². The third-order valence-corrected chi connectivity index (χ3v) is 4.88. The van der Waals surface area contributed by atoms with Gasteiger partial charge in [-0.1, -0.05) is 29.3 Å². The second kappa shape index (κ2) is 7.71. The van der Waals surface area contributed by atoms with E-state index in [9.17, 15) is 8.78 Å². The van der Waals surface area contributed by atoms with Crippen LogP contribution in [0.3, 0.4) is 0 Å². The summed E-state index contributed by atoms with van der Waals surface area (Å²) >= 11 is 12.2. The number of anilines is 1. The molecule has 0 saturated heterocycles. The van der Waals surface area contributed by atoms with Gasteiger partial charge in [-0.3, -0.25) is 0 Å². The number of hydrogen-bond donors (Lipinski definition) is 1. The second-order valence-corrected chi connectivity index (χ2v) is 6.87. The highest BCUT2D eigenvalue weighted by Gasteiger charge is 2.20. The Hall–Kier alpha value is -2.37. The van der Waals surface area contributed by atoms with E-state index in [1.165, 1.54) is 18.2 Å². The van der Waals surface area contributed by atoms with Crippen LogP contribution in [0.5, 0.6) is 5.75 Å². The molecule has 3 rings (SSSR count). The van der Waals surface area contributed by atoms with E-state index in [1.54, 1.807) is 38.2 Å². The monoisotopic (exact) mass is 408 g/mol. The molecule has 0 aliphatic heterocycles. The number of nitrogens with two attached hydrogens (primary N) is 1. The first-order valence-electron chi connectivity index (χ1n) is 8.10. The first-order valence-corrected chi connectivity index (χ1v) is 8.85. The van der Waals surface area contributed by atoms with E-state index in [1.807, 2.05) is 0 Å². The first kappa shape index (κ1) is 19.4. The van der Waals surface area contributed by atoms with Gasteiger partial charge in [0.15, 0.2) is 11.6 Å². The Labute approximate surface area is 165 Å². The zero-order chi connectivity index (χ0) is 19.7. The molecule has 0 spiro atoms. The molecule has 1 atom stereocenters. The summed E-state index contributed by atoms with van der Waals surface area (Å²) in [6.07, 6.45) is 0.900. The van der Waals surface area contributed by atoms with Crippen molar-refractivity contribution in [1.29, 1.82) is 0 Å². The zero-order valence-corrected chi connectivity index (χ0v) is 16.1. The minimum absolute atomic E-state index is 0.105. The fourth-order valence-corrected chi connectivity index (χ4v) is 3.37. The summed E-state index contributed by atoms with van der Waals surface area (Å²) in [5.74, 6) is -0.428. The smallest absolute Gasteiger partial charge is 0.166 e. The molecule has 0 saturated carbocycles. The lowest BCUT2D eigenvalue weighted by atomic mass is 10.0. The Bertz CT molecular complexity index is 1010. The van der Waals surface area contributed by atoms with Gasteiger partial charge in [-0.25, -0.2) is 13.8 Å². The van der Waals surface area contributed by atoms with Gasteiger partial charge in [0.25, 0.3) is 0 Å². The Balaban J connectivity index is 1.96. The molecule has 7 heteroatoms. The number of pyridine rings is 1. The maximum absolute atomic E-state index is 13.8. The molecule has 1 heterocycles. The minimum Gasteiger partial charge on any atom is -0.482 e. The van der Waals surface area contributed by atoms with Crippen LogP contribution in [-0.4, -0.2) is 4.98 Å². The van der Waals surface area contributed by atoms with Crippen LogP contribution in [0.2, 0.25) is 10.0 Å². The maximum atomic E-state index is 13.8. The molecule has 3 aromatic rings. The minimum atomic E-state index is -0.671. The van der Waals surface area contributed by atoms with Crippen molar-refractivity contribution in [2.45, 2.75) is 20.0 Å². The van der Waals surface area contributed by atoms with Crippen LogP contribution in [0.1, 0.15) is 24.2 Å². The van der Waals surface area contributed by atoms with Crippen LogP contribution in [0, 0.1) is 18.6 Å². The van der Waals surface area contributed by atoms with Gasteiger partial charge in [0.05, 0.1) is 5.02 Å². The Morgan fingerprint density at radius 2 is 1.74 bits per heavy atom. The summed E-state index contributed by atoms with van der Waals surface area (Å²) < 4.78 is 33.2. The summed E-state index contributed by atoms with van der Waals surface area (Å²) in [5, 5.41) is 0.178. The van der Waals surface area contributed by atoms with E-state index < -0.39 is 11.9 Å². The molecular weight excluding hydrogens is 393 g/mol. The number of aryl methyl sites for hydroxylation is 1. The second-order valence-electron chi connectivity index (χ2n) is 6.09. The van der Waals surface area contributed by atoms with Gasteiger partial charge < -0.3 is 10.5 Å². The van der Waals surface area contributed by atoms with Crippen molar-refractivity contribution in [2.24, 2.45) is 0 Å². The van der Waals surface area contributed by atoms with E-state index in [-0.39, 0.29) is 21.7 Å². The number of hydrogen-bond acceptors (Lipinski definition) is 3. The molecule has 0 amide bonds. The van der Waals surface area contributed by atoms with Gasteiger partial charge in [-0.2, -0.15) is 0 Å². The number of nitrogen functional groups attached to an aromatic ring is 1. The molecule has 0 bridgehead atoms. The van der Waals surface area contributed by atoms with Gasteiger partial charge in [0, 0.05) is 22.3 Å².